The van der Waals surface area contributed by atoms with Gasteiger partial charge in [0.1, 0.15) is 5.75 Å². The Balaban J connectivity index is 2.68. The lowest BCUT2D eigenvalue weighted by molar-refractivity contribution is -0.384. The first kappa shape index (κ1) is 7.93. The van der Waals surface area contributed by atoms with Crippen LogP contribution in [0.2, 0.25) is 0 Å². The van der Waals surface area contributed by atoms with Crippen molar-refractivity contribution in [2.45, 2.75) is 0 Å². The summed E-state index contributed by atoms with van der Waals surface area (Å²) in [4.78, 5) is 13.6. The smallest absolute Gasteiger partial charge is 0.424 e. The van der Waals surface area contributed by atoms with Crippen molar-refractivity contribution in [3.8, 4) is 5.75 Å². The summed E-state index contributed by atoms with van der Waals surface area (Å²) in [5.41, 5.74) is 0.537. The van der Waals surface area contributed by atoms with Gasteiger partial charge in [-0.2, -0.15) is 0 Å². The van der Waals surface area contributed by atoms with Gasteiger partial charge in [-0.3, -0.25) is 0 Å². The molecule has 0 radical (unpaired) electrons. The van der Waals surface area contributed by atoms with E-state index in [2.05, 4.69) is 4.98 Å². The molecule has 1 aromatic heterocycles. The van der Waals surface area contributed by atoms with E-state index in [9.17, 15) is 10.1 Å². The fraction of sp³-hybridized carbons (Fsp3) is 0. The summed E-state index contributed by atoms with van der Waals surface area (Å²) < 4.78 is 0.617. The molecule has 0 aliphatic carbocycles. The van der Waals surface area contributed by atoms with Crippen LogP contribution in [0.25, 0.3) is 10.2 Å². The van der Waals surface area contributed by atoms with Crippen LogP contribution in [-0.2, 0) is 0 Å². The van der Waals surface area contributed by atoms with E-state index in [1.165, 1.54) is 12.1 Å². The number of thiazole rings is 1. The van der Waals surface area contributed by atoms with Crippen molar-refractivity contribution in [3.63, 3.8) is 0 Å². The lowest BCUT2D eigenvalue weighted by atomic mass is 10.3. The van der Waals surface area contributed by atoms with Crippen molar-refractivity contribution in [2.24, 2.45) is 0 Å². The summed E-state index contributed by atoms with van der Waals surface area (Å²) in [6.07, 6.45) is 0. The first-order chi connectivity index (χ1) is 6.16. The van der Waals surface area contributed by atoms with Crippen molar-refractivity contribution in [3.05, 3.63) is 28.3 Å². The third-order valence-electron chi connectivity index (χ3n) is 1.52. The van der Waals surface area contributed by atoms with E-state index < -0.39 is 4.92 Å². The monoisotopic (exact) mass is 196 g/mol. The molecule has 0 aliphatic heterocycles. The average molecular weight is 196 g/mol. The molecule has 0 atom stereocenters. The summed E-state index contributed by atoms with van der Waals surface area (Å²) in [6.45, 7) is 0. The van der Waals surface area contributed by atoms with Crippen LogP contribution in [0.4, 0.5) is 5.13 Å². The summed E-state index contributed by atoms with van der Waals surface area (Å²) in [7, 11) is 0. The van der Waals surface area contributed by atoms with E-state index in [1.807, 2.05) is 0 Å². The van der Waals surface area contributed by atoms with Crippen molar-refractivity contribution in [2.75, 3.05) is 0 Å². The standard InChI is InChI=1S/C7H4N2O3S/c10-4-1-2-5-6(3-4)13-7(8-5)9(11)12/h1-3,10H. The molecule has 2 aromatic rings. The topological polar surface area (TPSA) is 76.3 Å². The Bertz CT molecular complexity index is 480. The van der Waals surface area contributed by atoms with Gasteiger partial charge >= 0.3 is 5.13 Å². The van der Waals surface area contributed by atoms with Crippen LogP contribution >= 0.6 is 11.3 Å². The Kier molecular flexibility index (Phi) is 1.63. The largest absolute Gasteiger partial charge is 0.508 e. The highest BCUT2D eigenvalue weighted by Crippen LogP contribution is 2.29. The Morgan fingerprint density at radius 3 is 3.00 bits per heavy atom. The molecule has 1 heterocycles. The van der Waals surface area contributed by atoms with Crippen LogP contribution in [0.3, 0.4) is 0 Å². The fourth-order valence-corrected chi connectivity index (χ4v) is 1.79. The van der Waals surface area contributed by atoms with Crippen molar-refractivity contribution in [1.82, 2.24) is 4.98 Å². The number of hydrogen-bond acceptors (Lipinski definition) is 5. The zero-order valence-corrected chi connectivity index (χ0v) is 7.11. The lowest BCUT2D eigenvalue weighted by Crippen LogP contribution is -1.84. The number of hydrogen-bond donors (Lipinski definition) is 1. The minimum Gasteiger partial charge on any atom is -0.508 e. The highest BCUT2D eigenvalue weighted by Gasteiger charge is 2.14. The highest BCUT2D eigenvalue weighted by atomic mass is 32.1. The van der Waals surface area contributed by atoms with Gasteiger partial charge in [0, 0.05) is 6.07 Å². The SMILES string of the molecule is O=[N+]([O-])c1nc2ccc(O)cc2s1. The third kappa shape index (κ3) is 1.31. The first-order valence-corrected chi connectivity index (χ1v) is 4.22. The molecule has 5 nitrogen and oxygen atoms in total. The predicted molar refractivity (Wildman–Crippen MR) is 47.9 cm³/mol. The van der Waals surface area contributed by atoms with Crippen LogP contribution < -0.4 is 0 Å². The Labute approximate surface area is 76.4 Å². The average Bonchev–Trinajstić information content (AvgIpc) is 2.46. The Morgan fingerprint density at radius 1 is 1.54 bits per heavy atom. The summed E-state index contributed by atoms with van der Waals surface area (Å²) >= 11 is 0.949. The molecule has 6 heteroatoms. The second-order valence-electron chi connectivity index (χ2n) is 2.41. The zero-order chi connectivity index (χ0) is 9.42. The molecule has 1 N–H and O–H groups in total. The van der Waals surface area contributed by atoms with Crippen LogP contribution in [0.1, 0.15) is 0 Å². The number of aromatic nitrogens is 1. The predicted octanol–water partition coefficient (Wildman–Crippen LogP) is 1.91. The number of nitrogens with zero attached hydrogens (tertiary/aromatic N) is 2. The Hall–Kier alpha value is -1.69. The zero-order valence-electron chi connectivity index (χ0n) is 6.30. The maximum Gasteiger partial charge on any atom is 0.424 e. The van der Waals surface area contributed by atoms with E-state index in [0.717, 1.165) is 11.3 Å². The maximum absolute atomic E-state index is 10.3. The summed E-state index contributed by atoms with van der Waals surface area (Å²) in [5, 5.41) is 19.3. The van der Waals surface area contributed by atoms with Crippen molar-refractivity contribution < 1.29 is 10.0 Å². The molecule has 2 rings (SSSR count). The number of nitro groups is 1. The summed E-state index contributed by atoms with van der Waals surface area (Å²) in [6, 6.07) is 4.46. The molecule has 0 spiro atoms. The second-order valence-corrected chi connectivity index (χ2v) is 3.41. The number of phenols is 1. The van der Waals surface area contributed by atoms with Gasteiger partial charge in [0.05, 0.1) is 4.70 Å². The molecule has 0 amide bonds. The number of rotatable bonds is 1. The van der Waals surface area contributed by atoms with Gasteiger partial charge in [-0.1, -0.05) is 0 Å². The fourth-order valence-electron chi connectivity index (χ4n) is 0.979. The van der Waals surface area contributed by atoms with E-state index in [0.29, 0.717) is 10.2 Å². The van der Waals surface area contributed by atoms with Gasteiger partial charge < -0.3 is 15.2 Å². The van der Waals surface area contributed by atoms with Gasteiger partial charge in [-0.25, -0.2) is 0 Å². The van der Waals surface area contributed by atoms with E-state index in [-0.39, 0.29) is 10.9 Å². The molecule has 0 bridgehead atoms. The van der Waals surface area contributed by atoms with Gasteiger partial charge in [0.25, 0.3) is 0 Å². The number of phenolic OH excluding ortho intramolecular Hbond substituents is 1. The van der Waals surface area contributed by atoms with Crippen molar-refractivity contribution in [1.29, 1.82) is 0 Å². The van der Waals surface area contributed by atoms with Crippen LogP contribution in [-0.4, -0.2) is 15.0 Å². The first-order valence-electron chi connectivity index (χ1n) is 3.41. The molecule has 1 aromatic carbocycles. The van der Waals surface area contributed by atoms with E-state index in [1.54, 1.807) is 6.07 Å². The van der Waals surface area contributed by atoms with Gasteiger partial charge in [-0.15, -0.1) is 0 Å². The minimum absolute atomic E-state index is 0.0889. The van der Waals surface area contributed by atoms with Gasteiger partial charge in [-0.05, 0) is 33.4 Å². The highest BCUT2D eigenvalue weighted by molar-refractivity contribution is 7.21. The Morgan fingerprint density at radius 2 is 2.31 bits per heavy atom. The third-order valence-corrected chi connectivity index (χ3v) is 2.49. The minimum atomic E-state index is -0.540. The molecule has 0 saturated carbocycles. The quantitative estimate of drug-likeness (QED) is 0.558. The molecule has 0 unspecified atom stereocenters. The summed E-state index contributed by atoms with van der Waals surface area (Å²) in [5.74, 6) is 0.0889. The van der Waals surface area contributed by atoms with Gasteiger partial charge in [0.2, 0.25) is 0 Å². The maximum atomic E-state index is 10.3. The van der Waals surface area contributed by atoms with Crippen molar-refractivity contribution >= 4 is 26.7 Å². The normalized spacial score (nSPS) is 10.5. The molecular weight excluding hydrogens is 192 g/mol. The lowest BCUT2D eigenvalue weighted by Gasteiger charge is -1.85. The number of aromatic hydroxyl groups is 1. The second kappa shape index (κ2) is 2.67. The van der Waals surface area contributed by atoms with Crippen LogP contribution in [0.15, 0.2) is 18.2 Å². The van der Waals surface area contributed by atoms with Crippen LogP contribution in [0.5, 0.6) is 5.75 Å². The molecule has 66 valence electrons. The number of benzene rings is 1. The molecule has 0 saturated heterocycles. The molecular formula is C7H4N2O3S. The molecule has 0 aliphatic rings. The molecule has 13 heavy (non-hydrogen) atoms. The number of fused-ring (bicyclic) bond motifs is 1. The molecule has 0 fully saturated rings. The van der Waals surface area contributed by atoms with Gasteiger partial charge in [0.15, 0.2) is 5.52 Å². The van der Waals surface area contributed by atoms with E-state index >= 15 is 0 Å². The van der Waals surface area contributed by atoms with Crippen LogP contribution in [0, 0.1) is 10.1 Å². The van der Waals surface area contributed by atoms with E-state index in [4.69, 9.17) is 5.11 Å².